The first-order valence-electron chi connectivity index (χ1n) is 15.1. The molecule has 3 N–H and O–H groups in total. The van der Waals surface area contributed by atoms with Gasteiger partial charge < -0.3 is 20.1 Å². The predicted octanol–water partition coefficient (Wildman–Crippen LogP) is 7.62. The SMILES string of the molecule is CC.CC.CCC(O)(CC)CS[C@H](C)C1=CCC2/C(=C/C=C3/CC[C@H](OCCO)[C@H](O)C3)CCCC12C. The molecule has 0 radical (unpaired) electrons. The summed E-state index contributed by atoms with van der Waals surface area (Å²) in [6.07, 6.45) is 15.3. The maximum atomic E-state index is 10.7. The first kappa shape index (κ1) is 34.4. The minimum Gasteiger partial charge on any atom is -0.394 e. The molecule has 5 heteroatoms. The summed E-state index contributed by atoms with van der Waals surface area (Å²) in [6, 6.07) is 0. The summed E-state index contributed by atoms with van der Waals surface area (Å²) >= 11 is 1.92. The molecule has 0 aromatic rings. The Labute approximate surface area is 233 Å². The van der Waals surface area contributed by atoms with E-state index < -0.39 is 11.7 Å². The summed E-state index contributed by atoms with van der Waals surface area (Å²) < 4.78 is 5.58. The average molecular weight is 539 g/mol. The fraction of sp³-hybridized carbons (Fsp3) is 0.812. The fourth-order valence-electron chi connectivity index (χ4n) is 6.10. The Bertz CT molecular complexity index is 739. The molecule has 0 aliphatic heterocycles. The van der Waals surface area contributed by atoms with E-state index in [1.807, 2.05) is 39.5 Å². The van der Waals surface area contributed by atoms with Crippen molar-refractivity contribution in [2.75, 3.05) is 19.0 Å². The van der Waals surface area contributed by atoms with Gasteiger partial charge in [0.25, 0.3) is 0 Å². The Morgan fingerprint density at radius 1 is 1.16 bits per heavy atom. The van der Waals surface area contributed by atoms with Crippen LogP contribution in [0.25, 0.3) is 0 Å². The predicted molar refractivity (Wildman–Crippen MR) is 161 cm³/mol. The second-order valence-corrected chi connectivity index (χ2v) is 11.9. The van der Waals surface area contributed by atoms with Crippen molar-refractivity contribution >= 4 is 11.8 Å². The Balaban J connectivity index is 0.00000163. The molecular formula is C32H58O4S. The monoisotopic (exact) mass is 538 g/mol. The van der Waals surface area contributed by atoms with Gasteiger partial charge in [0.05, 0.1) is 31.0 Å². The molecule has 4 nitrogen and oxygen atoms in total. The third kappa shape index (κ3) is 9.24. The van der Waals surface area contributed by atoms with Crippen LogP contribution in [0.15, 0.2) is 34.9 Å². The van der Waals surface area contributed by atoms with Gasteiger partial charge in [-0.1, -0.05) is 83.4 Å². The van der Waals surface area contributed by atoms with Crippen molar-refractivity contribution < 1.29 is 20.1 Å². The number of thioether (sulfide) groups is 1. The first-order valence-corrected chi connectivity index (χ1v) is 16.1. The molecule has 0 spiro atoms. The minimum atomic E-state index is -0.547. The molecule has 5 atom stereocenters. The van der Waals surface area contributed by atoms with E-state index in [0.29, 0.717) is 24.2 Å². The molecule has 0 amide bonds. The highest BCUT2D eigenvalue weighted by atomic mass is 32.2. The Kier molecular flexibility index (Phi) is 16.0. The van der Waals surface area contributed by atoms with Gasteiger partial charge in [0, 0.05) is 11.0 Å². The number of aliphatic hydroxyl groups excluding tert-OH is 2. The molecule has 2 saturated carbocycles. The standard InChI is InChI=1S/C28H46O4S.2C2H6/c1-5-28(31,6-2)19-33-20(3)23-12-13-24-22(8-7-15-27(23,24)4)11-9-21-10-14-26(25(30)18-21)32-17-16-29;2*1-2/h9,11-12,20,24-26,29-31H,5-8,10,13-19H2,1-4H3;2*1-2H3/b21-9-,22-11+;;/t20-,24?,25-,26+,27?;;/m1../s1. The molecule has 0 saturated heterocycles. The molecule has 0 aromatic carbocycles. The number of allylic oxidation sites excluding steroid dienone is 4. The maximum Gasteiger partial charge on any atom is 0.0841 e. The van der Waals surface area contributed by atoms with E-state index in [2.05, 4.69) is 45.9 Å². The van der Waals surface area contributed by atoms with Crippen LogP contribution >= 0.6 is 11.8 Å². The summed E-state index contributed by atoms with van der Waals surface area (Å²) in [5.74, 6) is 1.38. The van der Waals surface area contributed by atoms with E-state index in [9.17, 15) is 10.2 Å². The van der Waals surface area contributed by atoms with E-state index >= 15 is 0 Å². The zero-order chi connectivity index (χ0) is 28.1. The molecular weight excluding hydrogens is 480 g/mol. The molecule has 3 aliphatic carbocycles. The lowest BCUT2D eigenvalue weighted by molar-refractivity contribution is -0.0582. The van der Waals surface area contributed by atoms with E-state index in [1.165, 1.54) is 24.8 Å². The van der Waals surface area contributed by atoms with Gasteiger partial charge in [-0.25, -0.2) is 0 Å². The van der Waals surface area contributed by atoms with Gasteiger partial charge in [0.2, 0.25) is 0 Å². The molecule has 37 heavy (non-hydrogen) atoms. The van der Waals surface area contributed by atoms with Gasteiger partial charge in [-0.05, 0) is 76.0 Å². The Hall–Kier alpha value is -0.590. The highest BCUT2D eigenvalue weighted by Crippen LogP contribution is 2.57. The fourth-order valence-corrected chi connectivity index (χ4v) is 7.62. The van der Waals surface area contributed by atoms with Crippen molar-refractivity contribution in [3.05, 3.63) is 34.9 Å². The summed E-state index contributed by atoms with van der Waals surface area (Å²) in [7, 11) is 0. The van der Waals surface area contributed by atoms with Crippen molar-refractivity contribution in [2.24, 2.45) is 11.3 Å². The number of rotatable bonds is 10. The zero-order valence-corrected chi connectivity index (χ0v) is 26.0. The number of hydrogen-bond donors (Lipinski definition) is 3. The zero-order valence-electron chi connectivity index (χ0n) is 25.2. The highest BCUT2D eigenvalue weighted by Gasteiger charge is 2.46. The van der Waals surface area contributed by atoms with Crippen LogP contribution in [0.3, 0.4) is 0 Å². The van der Waals surface area contributed by atoms with Crippen molar-refractivity contribution in [2.45, 2.75) is 136 Å². The first-order chi connectivity index (χ1) is 17.8. The van der Waals surface area contributed by atoms with Crippen LogP contribution in [-0.4, -0.2) is 57.3 Å². The largest absolute Gasteiger partial charge is 0.394 e. The molecule has 0 aromatic heterocycles. The summed E-state index contributed by atoms with van der Waals surface area (Å²) in [5, 5.41) is 30.6. The second-order valence-electron chi connectivity index (χ2n) is 10.6. The minimum absolute atomic E-state index is 0.00337. The molecule has 0 heterocycles. The Morgan fingerprint density at radius 2 is 1.84 bits per heavy atom. The van der Waals surface area contributed by atoms with E-state index in [-0.39, 0.29) is 18.1 Å². The van der Waals surface area contributed by atoms with Crippen LogP contribution in [0.5, 0.6) is 0 Å². The van der Waals surface area contributed by atoms with Gasteiger partial charge in [0.1, 0.15) is 0 Å². The van der Waals surface area contributed by atoms with Crippen LogP contribution in [0, 0.1) is 11.3 Å². The number of aliphatic hydroxyl groups is 3. The normalized spacial score (nSPS) is 30.6. The van der Waals surface area contributed by atoms with Gasteiger partial charge in [0.15, 0.2) is 0 Å². The van der Waals surface area contributed by atoms with Crippen LogP contribution in [-0.2, 0) is 4.74 Å². The van der Waals surface area contributed by atoms with Crippen molar-refractivity contribution in [1.82, 2.24) is 0 Å². The molecule has 3 rings (SSSR count). The average Bonchev–Trinajstić information content (AvgIpc) is 3.29. The smallest absolute Gasteiger partial charge is 0.0841 e. The lowest BCUT2D eigenvalue weighted by Crippen LogP contribution is -2.35. The quantitative estimate of drug-likeness (QED) is 0.250. The van der Waals surface area contributed by atoms with E-state index in [1.54, 1.807) is 11.1 Å². The number of ether oxygens (including phenoxy) is 1. The number of hydrogen-bond acceptors (Lipinski definition) is 5. The molecule has 2 unspecified atom stereocenters. The van der Waals surface area contributed by atoms with Crippen LogP contribution in [0.4, 0.5) is 0 Å². The lowest BCUT2D eigenvalue weighted by atomic mass is 9.64. The van der Waals surface area contributed by atoms with E-state index in [4.69, 9.17) is 9.84 Å². The molecule has 216 valence electrons. The van der Waals surface area contributed by atoms with Crippen LogP contribution in [0.2, 0.25) is 0 Å². The molecule has 0 bridgehead atoms. The summed E-state index contributed by atoms with van der Waals surface area (Å²) in [4.78, 5) is 0. The van der Waals surface area contributed by atoms with Crippen molar-refractivity contribution in [3.8, 4) is 0 Å². The molecule has 3 aliphatic rings. The third-order valence-electron chi connectivity index (χ3n) is 8.57. The van der Waals surface area contributed by atoms with Crippen molar-refractivity contribution in [3.63, 3.8) is 0 Å². The summed E-state index contributed by atoms with van der Waals surface area (Å²) in [5.41, 5.74) is 4.13. The number of fused-ring (bicyclic) bond motifs is 1. The molecule has 2 fully saturated rings. The maximum absolute atomic E-state index is 10.7. The van der Waals surface area contributed by atoms with Gasteiger partial charge in [-0.3, -0.25) is 0 Å². The topological polar surface area (TPSA) is 69.9 Å². The summed E-state index contributed by atoms with van der Waals surface area (Å²) in [6.45, 7) is 17.3. The highest BCUT2D eigenvalue weighted by molar-refractivity contribution is 8.00. The van der Waals surface area contributed by atoms with Gasteiger partial charge >= 0.3 is 0 Å². The Morgan fingerprint density at radius 3 is 2.43 bits per heavy atom. The van der Waals surface area contributed by atoms with Gasteiger partial charge in [-0.2, -0.15) is 11.8 Å². The second kappa shape index (κ2) is 17.2. The van der Waals surface area contributed by atoms with Crippen molar-refractivity contribution in [1.29, 1.82) is 0 Å². The lowest BCUT2D eigenvalue weighted by Gasteiger charge is -2.42. The van der Waals surface area contributed by atoms with Crippen LogP contribution in [0.1, 0.15) is 113 Å². The third-order valence-corrected chi connectivity index (χ3v) is 10.0. The van der Waals surface area contributed by atoms with E-state index in [0.717, 1.165) is 37.9 Å². The van der Waals surface area contributed by atoms with Gasteiger partial charge in [-0.15, -0.1) is 0 Å². The van der Waals surface area contributed by atoms with Crippen LogP contribution < -0.4 is 0 Å².